The summed E-state index contributed by atoms with van der Waals surface area (Å²) in [7, 11) is 0. The Balaban J connectivity index is 1.89. The van der Waals surface area contributed by atoms with Crippen molar-refractivity contribution < 1.29 is 19.5 Å². The van der Waals surface area contributed by atoms with E-state index in [9.17, 15) is 19.5 Å². The molecule has 1 heterocycles. The minimum Gasteiger partial charge on any atom is -0.480 e. The molecule has 0 saturated carbocycles. The maximum atomic E-state index is 13.2. The van der Waals surface area contributed by atoms with Crippen molar-refractivity contribution in [2.45, 2.75) is 25.3 Å². The van der Waals surface area contributed by atoms with Crippen LogP contribution in [0, 0.1) is 5.92 Å². The molecule has 0 bridgehead atoms. The lowest BCUT2D eigenvalue weighted by Crippen LogP contribution is -2.41. The number of halogens is 1. The van der Waals surface area contributed by atoms with E-state index in [1.807, 2.05) is 0 Å². The first-order chi connectivity index (χ1) is 13.9. The minimum atomic E-state index is -0.999. The summed E-state index contributed by atoms with van der Waals surface area (Å²) in [5.74, 6) is -2.57. The Kier molecular flexibility index (Phi) is 6.92. The Morgan fingerprint density at radius 1 is 1.03 bits per heavy atom. The van der Waals surface area contributed by atoms with E-state index in [0.717, 1.165) is 10.9 Å². The number of likely N-dealkylation sites (tertiary alicyclic amines) is 1. The summed E-state index contributed by atoms with van der Waals surface area (Å²) in [6, 6.07) is 14.8. The van der Waals surface area contributed by atoms with Crippen LogP contribution in [0.15, 0.2) is 59.1 Å². The molecule has 2 atom stereocenters. The number of rotatable bonds is 7. The molecule has 7 heteroatoms. The van der Waals surface area contributed by atoms with Gasteiger partial charge in [-0.3, -0.25) is 9.59 Å². The van der Waals surface area contributed by atoms with E-state index in [1.54, 1.807) is 59.5 Å². The molecule has 0 aliphatic carbocycles. The SMILES string of the molecule is O=C(c1ccccc1)C(CC(=S)N1CCC[C@H]1C(=O)O)C(=O)c1ccc(Br)cc1. The molecule has 1 aliphatic rings. The van der Waals surface area contributed by atoms with Gasteiger partial charge in [0.05, 0.1) is 10.9 Å². The molecule has 2 aromatic carbocycles. The molecule has 0 radical (unpaired) electrons. The summed E-state index contributed by atoms with van der Waals surface area (Å²) in [5.41, 5.74) is 0.850. The zero-order chi connectivity index (χ0) is 21.0. The zero-order valence-electron chi connectivity index (χ0n) is 15.6. The van der Waals surface area contributed by atoms with E-state index >= 15 is 0 Å². The number of benzene rings is 2. The second kappa shape index (κ2) is 9.41. The molecule has 5 nitrogen and oxygen atoms in total. The van der Waals surface area contributed by atoms with E-state index in [0.29, 0.717) is 29.1 Å². The van der Waals surface area contributed by atoms with Gasteiger partial charge < -0.3 is 10.0 Å². The van der Waals surface area contributed by atoms with E-state index in [4.69, 9.17) is 12.2 Å². The van der Waals surface area contributed by atoms with Crippen LogP contribution in [0.4, 0.5) is 0 Å². The number of carboxylic acids is 1. The fourth-order valence-corrected chi connectivity index (χ4v) is 4.19. The Morgan fingerprint density at radius 2 is 1.62 bits per heavy atom. The molecule has 0 aromatic heterocycles. The maximum absolute atomic E-state index is 13.2. The summed E-state index contributed by atoms with van der Waals surface area (Å²) in [4.78, 5) is 39.9. The van der Waals surface area contributed by atoms with Gasteiger partial charge in [-0.1, -0.05) is 70.6 Å². The average molecular weight is 474 g/mol. The number of carbonyl (C=O) groups is 3. The molecule has 1 N–H and O–H groups in total. The van der Waals surface area contributed by atoms with Crippen LogP contribution in [0.3, 0.4) is 0 Å². The predicted molar refractivity (Wildman–Crippen MR) is 117 cm³/mol. The molecule has 3 rings (SSSR count). The molecule has 150 valence electrons. The van der Waals surface area contributed by atoms with Crippen LogP contribution in [0.5, 0.6) is 0 Å². The third-order valence-corrected chi connectivity index (χ3v) is 5.99. The van der Waals surface area contributed by atoms with Crippen LogP contribution >= 0.6 is 28.1 Å². The molecular formula is C22H20BrNO4S. The second-order valence-electron chi connectivity index (χ2n) is 6.94. The van der Waals surface area contributed by atoms with Crippen molar-refractivity contribution in [1.29, 1.82) is 0 Å². The van der Waals surface area contributed by atoms with Crippen molar-refractivity contribution >= 4 is 50.7 Å². The third-order valence-electron chi connectivity index (χ3n) is 5.06. The number of hydrogen-bond acceptors (Lipinski definition) is 4. The van der Waals surface area contributed by atoms with Gasteiger partial charge in [0, 0.05) is 28.6 Å². The Morgan fingerprint density at radius 3 is 2.21 bits per heavy atom. The van der Waals surface area contributed by atoms with Gasteiger partial charge in [0.2, 0.25) is 0 Å². The topological polar surface area (TPSA) is 74.7 Å². The van der Waals surface area contributed by atoms with Gasteiger partial charge in [-0.15, -0.1) is 0 Å². The number of ketones is 2. The molecule has 0 spiro atoms. The Bertz CT molecular complexity index is 930. The van der Waals surface area contributed by atoms with Gasteiger partial charge in [0.25, 0.3) is 0 Å². The number of hydrogen-bond donors (Lipinski definition) is 1. The van der Waals surface area contributed by atoms with Gasteiger partial charge in [0.1, 0.15) is 6.04 Å². The number of carboxylic acid groups (broad SMARTS) is 1. The monoisotopic (exact) mass is 473 g/mol. The summed E-state index contributed by atoms with van der Waals surface area (Å²) in [6.45, 7) is 0.522. The van der Waals surface area contributed by atoms with Crippen LogP contribution in [0.2, 0.25) is 0 Å². The molecule has 29 heavy (non-hydrogen) atoms. The van der Waals surface area contributed by atoms with Crippen LogP contribution in [0.25, 0.3) is 0 Å². The van der Waals surface area contributed by atoms with Crippen LogP contribution < -0.4 is 0 Å². The molecule has 1 fully saturated rings. The molecule has 1 unspecified atom stereocenters. The summed E-state index contributed by atoms with van der Waals surface area (Å²) >= 11 is 8.84. The van der Waals surface area contributed by atoms with E-state index < -0.39 is 17.9 Å². The molecular weight excluding hydrogens is 454 g/mol. The highest BCUT2D eigenvalue weighted by Crippen LogP contribution is 2.25. The van der Waals surface area contributed by atoms with E-state index in [1.165, 1.54) is 0 Å². The first-order valence-electron chi connectivity index (χ1n) is 9.30. The van der Waals surface area contributed by atoms with Gasteiger partial charge in [-0.05, 0) is 25.0 Å². The Labute approximate surface area is 182 Å². The lowest BCUT2D eigenvalue weighted by Gasteiger charge is -2.26. The van der Waals surface area contributed by atoms with Crippen LogP contribution in [-0.4, -0.2) is 45.1 Å². The fraction of sp³-hybridized carbons (Fsp3) is 0.273. The predicted octanol–water partition coefficient (Wildman–Crippen LogP) is 4.40. The van der Waals surface area contributed by atoms with Crippen molar-refractivity contribution in [3.63, 3.8) is 0 Å². The smallest absolute Gasteiger partial charge is 0.326 e. The highest BCUT2D eigenvalue weighted by molar-refractivity contribution is 9.10. The van der Waals surface area contributed by atoms with Crippen molar-refractivity contribution in [2.24, 2.45) is 5.92 Å². The number of nitrogens with zero attached hydrogens (tertiary/aromatic N) is 1. The highest BCUT2D eigenvalue weighted by atomic mass is 79.9. The second-order valence-corrected chi connectivity index (χ2v) is 8.33. The van der Waals surface area contributed by atoms with Gasteiger partial charge in [-0.25, -0.2) is 4.79 Å². The number of carbonyl (C=O) groups excluding carboxylic acids is 2. The largest absolute Gasteiger partial charge is 0.480 e. The minimum absolute atomic E-state index is 0.0156. The van der Waals surface area contributed by atoms with E-state index in [-0.39, 0.29) is 18.0 Å². The average Bonchev–Trinajstić information content (AvgIpc) is 3.22. The van der Waals surface area contributed by atoms with Crippen molar-refractivity contribution in [2.75, 3.05) is 6.54 Å². The number of Topliss-reactive ketones (excluding diaryl/α,β-unsaturated/α-hetero) is 2. The lowest BCUT2D eigenvalue weighted by atomic mass is 9.87. The molecule has 2 aromatic rings. The third kappa shape index (κ3) is 4.97. The first kappa shape index (κ1) is 21.3. The quantitative estimate of drug-likeness (QED) is 0.365. The van der Waals surface area contributed by atoms with Crippen molar-refractivity contribution in [3.8, 4) is 0 Å². The normalized spacial score (nSPS) is 17.0. The maximum Gasteiger partial charge on any atom is 0.326 e. The lowest BCUT2D eigenvalue weighted by molar-refractivity contribution is -0.140. The molecule has 1 saturated heterocycles. The van der Waals surface area contributed by atoms with Crippen LogP contribution in [0.1, 0.15) is 40.0 Å². The van der Waals surface area contributed by atoms with Gasteiger partial charge >= 0.3 is 5.97 Å². The molecule has 1 aliphatic heterocycles. The van der Waals surface area contributed by atoms with Gasteiger partial charge in [0.15, 0.2) is 11.6 Å². The Hall–Kier alpha value is -2.38. The van der Waals surface area contributed by atoms with Crippen molar-refractivity contribution in [1.82, 2.24) is 4.90 Å². The fourth-order valence-electron chi connectivity index (χ4n) is 3.54. The standard InChI is InChI=1S/C22H20BrNO4S/c23-16-10-8-15(9-11-16)21(26)17(20(25)14-5-2-1-3-6-14)13-19(29)24-12-4-7-18(24)22(27)28/h1-3,5-6,8-11,17-18H,4,7,12-13H2,(H,27,28)/t17?,18-/m0/s1. The van der Waals surface area contributed by atoms with Crippen molar-refractivity contribution in [3.05, 3.63) is 70.2 Å². The summed E-state index contributed by atoms with van der Waals surface area (Å²) in [5, 5.41) is 9.43. The highest BCUT2D eigenvalue weighted by Gasteiger charge is 2.36. The zero-order valence-corrected chi connectivity index (χ0v) is 18.0. The number of thiocarbonyl (C=S) groups is 1. The van der Waals surface area contributed by atoms with E-state index in [2.05, 4.69) is 15.9 Å². The molecule has 0 amide bonds. The first-order valence-corrected chi connectivity index (χ1v) is 10.5. The number of aliphatic carboxylic acids is 1. The van der Waals surface area contributed by atoms with Gasteiger partial charge in [-0.2, -0.15) is 0 Å². The summed E-state index contributed by atoms with van der Waals surface area (Å²) < 4.78 is 0.830. The van der Waals surface area contributed by atoms with Crippen LogP contribution in [-0.2, 0) is 4.79 Å². The summed E-state index contributed by atoms with van der Waals surface area (Å²) in [6.07, 6.45) is 1.24.